The van der Waals surface area contributed by atoms with Crippen LogP contribution in [0, 0.1) is 6.92 Å². The fourth-order valence-corrected chi connectivity index (χ4v) is 3.68. The van der Waals surface area contributed by atoms with Gasteiger partial charge in [0.1, 0.15) is 0 Å². The zero-order valence-corrected chi connectivity index (χ0v) is 16.5. The van der Waals surface area contributed by atoms with Crippen molar-refractivity contribution in [3.05, 3.63) is 101 Å². The largest absolute Gasteiger partial charge is 0.341 e. The third kappa shape index (κ3) is 4.47. The van der Waals surface area contributed by atoms with Gasteiger partial charge >= 0.3 is 0 Å². The van der Waals surface area contributed by atoms with Crippen LogP contribution in [-0.2, 0) is 10.0 Å². The van der Waals surface area contributed by atoms with Crippen molar-refractivity contribution < 1.29 is 13.2 Å². The number of carbonyl (C=O) groups excluding carboxylic acids is 1. The second-order valence-electron chi connectivity index (χ2n) is 6.46. The normalized spacial score (nSPS) is 12.4. The Morgan fingerprint density at radius 1 is 0.857 bits per heavy atom. The number of benzene rings is 3. The molecular weight excluding hydrogens is 372 g/mol. The predicted molar refractivity (Wildman–Crippen MR) is 110 cm³/mol. The lowest BCUT2D eigenvalue weighted by atomic mass is 9.97. The highest BCUT2D eigenvalue weighted by atomic mass is 32.2. The maximum Gasteiger partial charge on any atom is 0.252 e. The van der Waals surface area contributed by atoms with Crippen LogP contribution in [0.25, 0.3) is 0 Å². The quantitative estimate of drug-likeness (QED) is 0.673. The Kier molecular flexibility index (Phi) is 5.92. The van der Waals surface area contributed by atoms with Crippen LogP contribution in [0.5, 0.6) is 0 Å². The summed E-state index contributed by atoms with van der Waals surface area (Å²) in [6, 6.07) is 23.3. The lowest BCUT2D eigenvalue weighted by Gasteiger charge is -2.20. The summed E-state index contributed by atoms with van der Waals surface area (Å²) in [6.45, 7) is 2.01. The SMILES string of the molecule is CNS(=O)(=O)c1cccc(C(=O)NC(c2ccccc2)c2ccc(C)cc2)c1. The molecule has 0 radical (unpaired) electrons. The molecule has 0 saturated carbocycles. The Morgan fingerprint density at radius 3 is 2.14 bits per heavy atom. The minimum atomic E-state index is -3.62. The predicted octanol–water partition coefficient (Wildman–Crippen LogP) is 3.42. The molecule has 0 aliphatic rings. The first kappa shape index (κ1) is 19.8. The number of hydrogen-bond acceptors (Lipinski definition) is 3. The molecule has 0 aliphatic carbocycles. The van der Waals surface area contributed by atoms with Gasteiger partial charge in [-0.3, -0.25) is 4.79 Å². The first-order valence-electron chi connectivity index (χ1n) is 8.87. The van der Waals surface area contributed by atoms with Gasteiger partial charge in [0, 0.05) is 5.56 Å². The van der Waals surface area contributed by atoms with E-state index in [2.05, 4.69) is 10.0 Å². The van der Waals surface area contributed by atoms with Crippen molar-refractivity contribution in [3.63, 3.8) is 0 Å². The van der Waals surface area contributed by atoms with Crippen molar-refractivity contribution in [1.29, 1.82) is 0 Å². The van der Waals surface area contributed by atoms with Gasteiger partial charge in [0.05, 0.1) is 10.9 Å². The van der Waals surface area contributed by atoms with E-state index in [0.717, 1.165) is 16.7 Å². The molecule has 1 amide bonds. The summed E-state index contributed by atoms with van der Waals surface area (Å²) in [5.74, 6) is -0.345. The number of nitrogens with one attached hydrogen (secondary N) is 2. The Morgan fingerprint density at radius 2 is 1.50 bits per heavy atom. The molecule has 28 heavy (non-hydrogen) atoms. The molecule has 6 heteroatoms. The Bertz CT molecular complexity index is 1060. The van der Waals surface area contributed by atoms with Crippen molar-refractivity contribution in [3.8, 4) is 0 Å². The average Bonchev–Trinajstić information content (AvgIpc) is 2.73. The molecule has 0 bridgehead atoms. The van der Waals surface area contributed by atoms with E-state index < -0.39 is 10.0 Å². The van der Waals surface area contributed by atoms with Crippen molar-refractivity contribution >= 4 is 15.9 Å². The minimum absolute atomic E-state index is 0.0502. The first-order chi connectivity index (χ1) is 13.4. The monoisotopic (exact) mass is 394 g/mol. The van der Waals surface area contributed by atoms with Crippen molar-refractivity contribution in [2.24, 2.45) is 0 Å². The summed E-state index contributed by atoms with van der Waals surface area (Å²) in [5.41, 5.74) is 3.30. The van der Waals surface area contributed by atoms with Crippen LogP contribution >= 0.6 is 0 Å². The Balaban J connectivity index is 1.94. The van der Waals surface area contributed by atoms with Gasteiger partial charge in [0.25, 0.3) is 5.91 Å². The second-order valence-corrected chi connectivity index (χ2v) is 8.35. The molecule has 1 unspecified atom stereocenters. The standard InChI is InChI=1S/C22H22N2O3S/c1-16-11-13-18(14-12-16)21(17-7-4-3-5-8-17)24-22(25)19-9-6-10-20(15-19)28(26,27)23-2/h3-15,21,23H,1-2H3,(H,24,25). The highest BCUT2D eigenvalue weighted by Crippen LogP contribution is 2.23. The van der Waals surface area contributed by atoms with E-state index in [1.807, 2.05) is 61.5 Å². The van der Waals surface area contributed by atoms with Gasteiger partial charge in [-0.1, -0.05) is 66.2 Å². The smallest absolute Gasteiger partial charge is 0.252 e. The van der Waals surface area contributed by atoms with E-state index in [1.165, 1.54) is 19.2 Å². The van der Waals surface area contributed by atoms with E-state index in [9.17, 15) is 13.2 Å². The van der Waals surface area contributed by atoms with Gasteiger partial charge < -0.3 is 5.32 Å². The lowest BCUT2D eigenvalue weighted by molar-refractivity contribution is 0.0942. The van der Waals surface area contributed by atoms with Gasteiger partial charge in [-0.05, 0) is 43.3 Å². The van der Waals surface area contributed by atoms with Gasteiger partial charge in [0.2, 0.25) is 10.0 Å². The number of amides is 1. The van der Waals surface area contributed by atoms with Crippen LogP contribution in [0.1, 0.15) is 33.1 Å². The zero-order chi connectivity index (χ0) is 20.1. The van der Waals surface area contributed by atoms with E-state index in [1.54, 1.807) is 12.1 Å². The van der Waals surface area contributed by atoms with Gasteiger partial charge in [-0.25, -0.2) is 13.1 Å². The third-order valence-corrected chi connectivity index (χ3v) is 5.91. The van der Waals surface area contributed by atoms with Crippen LogP contribution < -0.4 is 10.0 Å². The molecule has 0 heterocycles. The van der Waals surface area contributed by atoms with Crippen LogP contribution in [0.3, 0.4) is 0 Å². The Hall–Kier alpha value is -2.96. The number of carbonyl (C=O) groups is 1. The zero-order valence-electron chi connectivity index (χ0n) is 15.7. The van der Waals surface area contributed by atoms with Crippen LogP contribution in [-0.4, -0.2) is 21.4 Å². The maximum atomic E-state index is 12.9. The van der Waals surface area contributed by atoms with Gasteiger partial charge in [-0.15, -0.1) is 0 Å². The maximum absolute atomic E-state index is 12.9. The molecule has 1 atom stereocenters. The Labute approximate surface area is 165 Å². The summed E-state index contributed by atoms with van der Waals surface area (Å²) >= 11 is 0. The molecular formula is C22H22N2O3S. The molecule has 3 aromatic carbocycles. The first-order valence-corrected chi connectivity index (χ1v) is 10.3. The molecule has 0 aliphatic heterocycles. The highest BCUT2D eigenvalue weighted by Gasteiger charge is 2.19. The number of aryl methyl sites for hydroxylation is 1. The second kappa shape index (κ2) is 8.37. The fourth-order valence-electron chi connectivity index (χ4n) is 2.90. The van der Waals surface area contributed by atoms with E-state index >= 15 is 0 Å². The van der Waals surface area contributed by atoms with Gasteiger partial charge in [-0.2, -0.15) is 0 Å². The minimum Gasteiger partial charge on any atom is -0.341 e. The summed E-state index contributed by atoms with van der Waals surface area (Å²) in [7, 11) is -2.28. The van der Waals surface area contributed by atoms with Crippen LogP contribution in [0.4, 0.5) is 0 Å². The number of rotatable bonds is 6. The summed E-state index contributed by atoms with van der Waals surface area (Å²) in [5, 5.41) is 3.03. The van der Waals surface area contributed by atoms with Gasteiger partial charge in [0.15, 0.2) is 0 Å². The molecule has 3 rings (SSSR count). The molecule has 0 saturated heterocycles. The van der Waals surface area contributed by atoms with Crippen molar-refractivity contribution in [1.82, 2.24) is 10.0 Å². The highest BCUT2D eigenvalue weighted by molar-refractivity contribution is 7.89. The fraction of sp³-hybridized carbons (Fsp3) is 0.136. The third-order valence-electron chi connectivity index (χ3n) is 4.49. The molecule has 5 nitrogen and oxygen atoms in total. The summed E-state index contributed by atoms with van der Waals surface area (Å²) < 4.78 is 26.3. The van der Waals surface area contributed by atoms with E-state index in [-0.39, 0.29) is 22.4 Å². The molecule has 0 fully saturated rings. The molecule has 0 spiro atoms. The van der Waals surface area contributed by atoms with Crippen LogP contribution in [0.2, 0.25) is 0 Å². The van der Waals surface area contributed by atoms with E-state index in [4.69, 9.17) is 0 Å². The molecule has 2 N–H and O–H groups in total. The topological polar surface area (TPSA) is 75.3 Å². The number of sulfonamides is 1. The summed E-state index contributed by atoms with van der Waals surface area (Å²) in [4.78, 5) is 13.0. The van der Waals surface area contributed by atoms with Crippen LogP contribution in [0.15, 0.2) is 83.8 Å². The molecule has 0 aromatic heterocycles. The van der Waals surface area contributed by atoms with Crippen molar-refractivity contribution in [2.75, 3.05) is 7.05 Å². The van der Waals surface area contributed by atoms with E-state index in [0.29, 0.717) is 0 Å². The lowest BCUT2D eigenvalue weighted by Crippen LogP contribution is -2.29. The summed E-state index contributed by atoms with van der Waals surface area (Å²) in [6.07, 6.45) is 0. The van der Waals surface area contributed by atoms with Crippen molar-refractivity contribution in [2.45, 2.75) is 17.9 Å². The molecule has 3 aromatic rings. The number of hydrogen-bond donors (Lipinski definition) is 2. The molecule has 144 valence electrons. The average molecular weight is 394 g/mol.